The predicted molar refractivity (Wildman–Crippen MR) is 112 cm³/mol. The van der Waals surface area contributed by atoms with Gasteiger partial charge in [-0.15, -0.1) is 0 Å². The summed E-state index contributed by atoms with van der Waals surface area (Å²) in [5, 5.41) is 0. The van der Waals surface area contributed by atoms with E-state index in [1.807, 2.05) is 49.4 Å². The zero-order valence-corrected chi connectivity index (χ0v) is 16.6. The van der Waals surface area contributed by atoms with E-state index in [4.69, 9.17) is 14.7 Å². The number of guanidine groups is 1. The molecule has 0 N–H and O–H groups in total. The van der Waals surface area contributed by atoms with Gasteiger partial charge in [-0.25, -0.2) is 9.98 Å². The average Bonchev–Trinajstić information content (AvgIpc) is 3.15. The van der Waals surface area contributed by atoms with Crippen molar-refractivity contribution in [2.24, 2.45) is 9.98 Å². The van der Waals surface area contributed by atoms with Crippen LogP contribution < -0.4 is 4.74 Å². The maximum atomic E-state index is 13.5. The lowest BCUT2D eigenvalue weighted by Gasteiger charge is -2.20. The van der Waals surface area contributed by atoms with Crippen LogP contribution in [-0.2, 0) is 0 Å². The summed E-state index contributed by atoms with van der Waals surface area (Å²) in [7, 11) is 1.63. The molecule has 1 aliphatic heterocycles. The molecule has 2 aromatic rings. The smallest absolute Gasteiger partial charge is 0.226 e. The number of methoxy groups -OCH3 is 1. The molecule has 1 heterocycles. The highest BCUT2D eigenvalue weighted by atomic mass is 16.5. The van der Waals surface area contributed by atoms with Crippen LogP contribution in [-0.4, -0.2) is 42.6 Å². The largest absolute Gasteiger partial charge is 0.497 e. The molecule has 0 atom stereocenters. The molecule has 0 fully saturated rings. The first-order valence-corrected chi connectivity index (χ1v) is 9.55. The molecule has 0 amide bonds. The molecule has 5 nitrogen and oxygen atoms in total. The van der Waals surface area contributed by atoms with Crippen molar-refractivity contribution in [1.29, 1.82) is 0 Å². The Morgan fingerprint density at radius 2 is 1.68 bits per heavy atom. The van der Waals surface area contributed by atoms with Crippen LogP contribution in [0.25, 0.3) is 5.57 Å². The Kier molecular flexibility index (Phi) is 4.59. The summed E-state index contributed by atoms with van der Waals surface area (Å²) in [5.41, 5.74) is 5.37. The standard InChI is InChI=1S/C23H23N3O2/c1-5-26(6-2)23-24-20-16-9-7-8-10-17(16)22(27)19(21(20)25-23)18-13-15(28-4)12-11-14(18)3/h7-13H,5-6H2,1-4H3. The Hall–Kier alpha value is -3.21. The van der Waals surface area contributed by atoms with Crippen molar-refractivity contribution in [1.82, 2.24) is 4.90 Å². The molecule has 28 heavy (non-hydrogen) atoms. The lowest BCUT2D eigenvalue weighted by Crippen LogP contribution is -2.28. The lowest BCUT2D eigenvalue weighted by atomic mass is 9.82. The van der Waals surface area contributed by atoms with Gasteiger partial charge < -0.3 is 9.64 Å². The Balaban J connectivity index is 2.00. The van der Waals surface area contributed by atoms with Crippen LogP contribution in [0, 0.1) is 6.92 Å². The van der Waals surface area contributed by atoms with Gasteiger partial charge in [-0.3, -0.25) is 4.79 Å². The van der Waals surface area contributed by atoms with E-state index in [0.29, 0.717) is 28.5 Å². The number of Topliss-reactive ketones (excluding diaryl/α,β-unsaturated/α-hetero) is 1. The van der Waals surface area contributed by atoms with Crippen LogP contribution in [0.2, 0.25) is 0 Å². The minimum Gasteiger partial charge on any atom is -0.497 e. The molecular formula is C23H23N3O2. The van der Waals surface area contributed by atoms with E-state index >= 15 is 0 Å². The van der Waals surface area contributed by atoms with Crippen molar-refractivity contribution in [2.75, 3.05) is 20.2 Å². The predicted octanol–water partition coefficient (Wildman–Crippen LogP) is 4.11. The van der Waals surface area contributed by atoms with Gasteiger partial charge in [-0.2, -0.15) is 0 Å². The van der Waals surface area contributed by atoms with E-state index in [-0.39, 0.29) is 5.78 Å². The Morgan fingerprint density at radius 1 is 0.964 bits per heavy atom. The highest BCUT2D eigenvalue weighted by Crippen LogP contribution is 2.38. The second kappa shape index (κ2) is 7.08. The molecule has 142 valence electrons. The topological polar surface area (TPSA) is 54.3 Å². The number of hydrogen-bond donors (Lipinski definition) is 0. The molecule has 4 rings (SSSR count). The maximum absolute atomic E-state index is 13.5. The third-order valence-electron chi connectivity index (χ3n) is 5.30. The average molecular weight is 373 g/mol. The molecule has 0 unspecified atom stereocenters. The van der Waals surface area contributed by atoms with Crippen molar-refractivity contribution >= 4 is 23.0 Å². The molecule has 0 spiro atoms. The van der Waals surface area contributed by atoms with Crippen LogP contribution >= 0.6 is 0 Å². The van der Waals surface area contributed by atoms with Gasteiger partial charge in [-0.1, -0.05) is 30.3 Å². The van der Waals surface area contributed by atoms with Crippen LogP contribution in [0.1, 0.15) is 40.9 Å². The van der Waals surface area contributed by atoms with E-state index in [2.05, 4.69) is 18.7 Å². The summed E-state index contributed by atoms with van der Waals surface area (Å²) in [6.45, 7) is 7.77. The molecule has 0 radical (unpaired) electrons. The number of rotatable bonds is 4. The van der Waals surface area contributed by atoms with Crippen molar-refractivity contribution in [3.63, 3.8) is 0 Å². The first-order chi connectivity index (χ1) is 13.6. The third-order valence-corrected chi connectivity index (χ3v) is 5.30. The molecular weight excluding hydrogens is 350 g/mol. The molecule has 0 saturated heterocycles. The van der Waals surface area contributed by atoms with E-state index in [1.54, 1.807) is 7.11 Å². The number of nitrogens with zero attached hydrogens (tertiary/aromatic N) is 3. The molecule has 0 saturated carbocycles. The van der Waals surface area contributed by atoms with Gasteiger partial charge in [0.2, 0.25) is 5.96 Å². The van der Waals surface area contributed by atoms with Crippen molar-refractivity contribution in [2.45, 2.75) is 20.8 Å². The Morgan fingerprint density at radius 3 is 2.36 bits per heavy atom. The van der Waals surface area contributed by atoms with Gasteiger partial charge in [0, 0.05) is 24.2 Å². The van der Waals surface area contributed by atoms with E-state index in [9.17, 15) is 4.79 Å². The lowest BCUT2D eigenvalue weighted by molar-refractivity contribution is 0.105. The van der Waals surface area contributed by atoms with Gasteiger partial charge >= 0.3 is 0 Å². The Labute approximate surface area is 165 Å². The van der Waals surface area contributed by atoms with E-state index < -0.39 is 0 Å². The van der Waals surface area contributed by atoms with Gasteiger partial charge in [0.25, 0.3) is 0 Å². The fourth-order valence-corrected chi connectivity index (χ4v) is 3.72. The van der Waals surface area contributed by atoms with Crippen LogP contribution in [0.3, 0.4) is 0 Å². The molecule has 5 heteroatoms. The monoisotopic (exact) mass is 373 g/mol. The number of benzene rings is 2. The molecule has 2 aliphatic rings. The zero-order valence-electron chi connectivity index (χ0n) is 16.6. The number of ketones is 1. The number of aryl methyl sites for hydroxylation is 1. The normalized spacial score (nSPS) is 15.1. The van der Waals surface area contributed by atoms with Crippen molar-refractivity contribution < 1.29 is 9.53 Å². The molecule has 0 bridgehead atoms. The Bertz CT molecular complexity index is 1060. The van der Waals surface area contributed by atoms with Gasteiger partial charge in [0.15, 0.2) is 5.78 Å². The van der Waals surface area contributed by atoms with Crippen molar-refractivity contribution in [3.8, 4) is 5.75 Å². The van der Waals surface area contributed by atoms with Gasteiger partial charge in [0.1, 0.15) is 17.2 Å². The SMILES string of the molecule is CCN(CC)C1=NC2=C(c3cc(OC)ccc3C)C(=O)c3ccccc3C2=N1. The summed E-state index contributed by atoms with van der Waals surface area (Å²) < 4.78 is 5.40. The molecule has 2 aromatic carbocycles. The fraction of sp³-hybridized carbons (Fsp3) is 0.261. The fourth-order valence-electron chi connectivity index (χ4n) is 3.72. The quantitative estimate of drug-likeness (QED) is 0.810. The highest BCUT2D eigenvalue weighted by Gasteiger charge is 2.35. The minimum absolute atomic E-state index is 0.0227. The van der Waals surface area contributed by atoms with Crippen molar-refractivity contribution in [3.05, 3.63) is 70.4 Å². The van der Waals surface area contributed by atoms with Gasteiger partial charge in [-0.05, 0) is 44.0 Å². The van der Waals surface area contributed by atoms with E-state index in [0.717, 1.165) is 35.5 Å². The minimum atomic E-state index is -0.0227. The number of hydrogen-bond acceptors (Lipinski definition) is 5. The number of carbonyl (C=O) groups excluding carboxylic acids is 1. The summed E-state index contributed by atoms with van der Waals surface area (Å²) in [5.74, 6) is 1.35. The summed E-state index contributed by atoms with van der Waals surface area (Å²) in [6.07, 6.45) is 0. The summed E-state index contributed by atoms with van der Waals surface area (Å²) in [6, 6.07) is 13.4. The first-order valence-electron chi connectivity index (χ1n) is 9.55. The van der Waals surface area contributed by atoms with Crippen LogP contribution in [0.4, 0.5) is 0 Å². The molecule has 1 aliphatic carbocycles. The number of ether oxygens (including phenoxy) is 1. The summed E-state index contributed by atoms with van der Waals surface area (Å²) >= 11 is 0. The number of carbonyl (C=O) groups is 1. The second-order valence-electron chi connectivity index (χ2n) is 6.82. The second-order valence-corrected chi connectivity index (χ2v) is 6.82. The molecule has 0 aromatic heterocycles. The van der Waals surface area contributed by atoms with E-state index in [1.165, 1.54) is 0 Å². The first kappa shape index (κ1) is 18.2. The number of aliphatic imine (C=N–C) groups is 2. The van der Waals surface area contributed by atoms with Crippen LogP contribution in [0.15, 0.2) is 58.1 Å². The maximum Gasteiger partial charge on any atom is 0.226 e. The number of allylic oxidation sites excluding steroid dienone is 2. The zero-order chi connectivity index (χ0) is 19.8. The third kappa shape index (κ3) is 2.74. The van der Waals surface area contributed by atoms with Crippen LogP contribution in [0.5, 0.6) is 5.75 Å². The summed E-state index contributed by atoms with van der Waals surface area (Å²) in [4.78, 5) is 25.2. The number of fused-ring (bicyclic) bond motifs is 3. The highest BCUT2D eigenvalue weighted by molar-refractivity contribution is 6.43. The van der Waals surface area contributed by atoms with Gasteiger partial charge in [0.05, 0.1) is 12.7 Å².